The van der Waals surface area contributed by atoms with Gasteiger partial charge in [0.15, 0.2) is 0 Å². The van der Waals surface area contributed by atoms with Crippen LogP contribution >= 0.6 is 0 Å². The Morgan fingerprint density at radius 1 is 1.41 bits per heavy atom. The van der Waals surface area contributed by atoms with Crippen molar-refractivity contribution >= 4 is 17.8 Å². The van der Waals surface area contributed by atoms with Gasteiger partial charge in [-0.2, -0.15) is 0 Å². The number of carbonyl (C=O) groups is 3. The Hall–Kier alpha value is -1.63. The Balaban J connectivity index is 2.68. The molecule has 1 heterocycles. The lowest BCUT2D eigenvalue weighted by Gasteiger charge is -2.39. The molecule has 22 heavy (non-hydrogen) atoms. The molecule has 1 aliphatic rings. The Morgan fingerprint density at radius 2 is 2.09 bits per heavy atom. The van der Waals surface area contributed by atoms with E-state index in [-0.39, 0.29) is 37.4 Å². The van der Waals surface area contributed by atoms with Gasteiger partial charge in [0.1, 0.15) is 12.6 Å². The summed E-state index contributed by atoms with van der Waals surface area (Å²) in [6.07, 6.45) is 1.78. The van der Waals surface area contributed by atoms with Crippen LogP contribution in [0.15, 0.2) is 0 Å². The summed E-state index contributed by atoms with van der Waals surface area (Å²) >= 11 is 0. The molecule has 2 amide bonds. The molecule has 0 aromatic heterocycles. The van der Waals surface area contributed by atoms with E-state index in [1.165, 1.54) is 9.80 Å². The summed E-state index contributed by atoms with van der Waals surface area (Å²) in [5.74, 6) is -0.729. The summed E-state index contributed by atoms with van der Waals surface area (Å²) < 4.78 is 5.08. The van der Waals surface area contributed by atoms with Gasteiger partial charge in [0.2, 0.25) is 11.8 Å². The van der Waals surface area contributed by atoms with Crippen molar-refractivity contribution in [2.45, 2.75) is 39.7 Å². The predicted molar refractivity (Wildman–Crippen MR) is 81.8 cm³/mol. The van der Waals surface area contributed by atoms with Gasteiger partial charge in [-0.05, 0) is 12.3 Å². The van der Waals surface area contributed by atoms with Gasteiger partial charge in [0.25, 0.3) is 0 Å². The number of unbranched alkanes of at least 4 members (excludes halogenated alkanes) is 1. The highest BCUT2D eigenvalue weighted by atomic mass is 16.5. The van der Waals surface area contributed by atoms with Crippen LogP contribution in [0.2, 0.25) is 0 Å². The maximum Gasteiger partial charge on any atom is 0.325 e. The van der Waals surface area contributed by atoms with Crippen LogP contribution in [0.1, 0.15) is 33.6 Å². The summed E-state index contributed by atoms with van der Waals surface area (Å²) in [6.45, 7) is 6.51. The van der Waals surface area contributed by atoms with Crippen LogP contribution in [0, 0.1) is 5.92 Å². The van der Waals surface area contributed by atoms with Crippen LogP contribution < -0.4 is 5.73 Å². The second kappa shape index (κ2) is 8.73. The number of esters is 1. The Labute approximate surface area is 131 Å². The monoisotopic (exact) mass is 313 g/mol. The Morgan fingerprint density at radius 3 is 2.64 bits per heavy atom. The van der Waals surface area contributed by atoms with E-state index in [9.17, 15) is 14.4 Å². The molecule has 1 rings (SSSR count). The zero-order valence-electron chi connectivity index (χ0n) is 13.7. The molecule has 0 bridgehead atoms. The predicted octanol–water partition coefficient (Wildman–Crippen LogP) is -0.0162. The second-order valence-electron chi connectivity index (χ2n) is 5.96. The maximum atomic E-state index is 12.4. The first-order valence-electron chi connectivity index (χ1n) is 7.84. The summed E-state index contributed by atoms with van der Waals surface area (Å²) in [5.41, 5.74) is 5.64. The van der Waals surface area contributed by atoms with E-state index in [1.54, 1.807) is 0 Å². The first-order valence-corrected chi connectivity index (χ1v) is 7.84. The van der Waals surface area contributed by atoms with E-state index in [0.29, 0.717) is 13.2 Å². The summed E-state index contributed by atoms with van der Waals surface area (Å²) in [4.78, 5) is 39.2. The van der Waals surface area contributed by atoms with Gasteiger partial charge < -0.3 is 20.3 Å². The molecule has 1 atom stereocenters. The van der Waals surface area contributed by atoms with E-state index in [1.807, 2.05) is 20.8 Å². The van der Waals surface area contributed by atoms with Crippen molar-refractivity contribution in [3.63, 3.8) is 0 Å². The number of carbonyl (C=O) groups excluding carboxylic acids is 3. The quantitative estimate of drug-likeness (QED) is 0.636. The van der Waals surface area contributed by atoms with Crippen molar-refractivity contribution in [2.75, 3.05) is 32.8 Å². The maximum absolute atomic E-state index is 12.4. The number of piperazine rings is 1. The molecule has 1 aliphatic heterocycles. The number of amides is 2. The van der Waals surface area contributed by atoms with Gasteiger partial charge in [-0.1, -0.05) is 27.2 Å². The first-order chi connectivity index (χ1) is 10.4. The van der Waals surface area contributed by atoms with Crippen molar-refractivity contribution in [1.82, 2.24) is 9.80 Å². The summed E-state index contributed by atoms with van der Waals surface area (Å²) in [5, 5.41) is 0. The normalized spacial score (nSPS) is 19.0. The summed E-state index contributed by atoms with van der Waals surface area (Å²) in [6, 6.07) is -0.773. The van der Waals surface area contributed by atoms with Gasteiger partial charge in [-0.15, -0.1) is 0 Å². The fraction of sp³-hybridized carbons (Fsp3) is 0.800. The largest absolute Gasteiger partial charge is 0.464 e. The van der Waals surface area contributed by atoms with E-state index >= 15 is 0 Å². The van der Waals surface area contributed by atoms with E-state index < -0.39 is 12.0 Å². The number of rotatable bonds is 8. The molecular weight excluding hydrogens is 286 g/mol. The van der Waals surface area contributed by atoms with Gasteiger partial charge in [0, 0.05) is 13.1 Å². The fourth-order valence-electron chi connectivity index (χ4n) is 2.26. The number of hydrogen-bond acceptors (Lipinski definition) is 5. The van der Waals surface area contributed by atoms with Crippen molar-refractivity contribution in [3.05, 3.63) is 0 Å². The standard InChI is InChI=1S/C15H27N3O4/c1-4-5-6-17-8-13(19)18(12(7-16)15(17)21)9-14(20)22-10-11(2)3/h11-12H,4-10,16H2,1-3H3/t12-/m0/s1. The van der Waals surface area contributed by atoms with Crippen molar-refractivity contribution in [1.29, 1.82) is 0 Å². The van der Waals surface area contributed by atoms with Crippen LogP contribution in [0.3, 0.4) is 0 Å². The molecule has 0 radical (unpaired) electrons. The number of hydrogen-bond donors (Lipinski definition) is 1. The topological polar surface area (TPSA) is 92.9 Å². The molecule has 0 aromatic carbocycles. The van der Waals surface area contributed by atoms with Crippen molar-refractivity contribution in [2.24, 2.45) is 11.7 Å². The molecule has 0 aliphatic carbocycles. The average molecular weight is 313 g/mol. The zero-order valence-corrected chi connectivity index (χ0v) is 13.7. The number of nitrogens with zero attached hydrogens (tertiary/aromatic N) is 2. The molecule has 0 unspecified atom stereocenters. The lowest BCUT2D eigenvalue weighted by Crippen LogP contribution is -2.63. The minimum atomic E-state index is -0.773. The van der Waals surface area contributed by atoms with Crippen LogP contribution in [-0.4, -0.2) is 66.4 Å². The minimum absolute atomic E-state index is 0.00462. The molecule has 0 aromatic rings. The lowest BCUT2D eigenvalue weighted by atomic mass is 10.1. The molecule has 2 N–H and O–H groups in total. The highest BCUT2D eigenvalue weighted by Gasteiger charge is 2.39. The molecule has 126 valence electrons. The Bertz CT molecular complexity index is 412. The molecule has 0 saturated carbocycles. The lowest BCUT2D eigenvalue weighted by molar-refractivity contribution is -0.161. The van der Waals surface area contributed by atoms with Gasteiger partial charge >= 0.3 is 5.97 Å². The SMILES string of the molecule is CCCCN1CC(=O)N(CC(=O)OCC(C)C)[C@@H](CN)C1=O. The van der Waals surface area contributed by atoms with Crippen LogP contribution in [0.25, 0.3) is 0 Å². The van der Waals surface area contributed by atoms with Gasteiger partial charge in [-0.25, -0.2) is 0 Å². The zero-order chi connectivity index (χ0) is 16.7. The molecule has 1 saturated heterocycles. The average Bonchev–Trinajstić information content (AvgIpc) is 2.47. The van der Waals surface area contributed by atoms with Crippen molar-refractivity contribution in [3.8, 4) is 0 Å². The highest BCUT2D eigenvalue weighted by Crippen LogP contribution is 2.13. The van der Waals surface area contributed by atoms with Gasteiger partial charge in [-0.3, -0.25) is 14.4 Å². The number of nitrogens with two attached hydrogens (primary N) is 1. The Kier molecular flexibility index (Phi) is 7.31. The third-order valence-corrected chi connectivity index (χ3v) is 3.50. The van der Waals surface area contributed by atoms with E-state index in [0.717, 1.165) is 12.8 Å². The van der Waals surface area contributed by atoms with E-state index in [4.69, 9.17) is 10.5 Å². The van der Waals surface area contributed by atoms with Crippen LogP contribution in [0.4, 0.5) is 0 Å². The fourth-order valence-corrected chi connectivity index (χ4v) is 2.26. The third-order valence-electron chi connectivity index (χ3n) is 3.50. The number of ether oxygens (including phenoxy) is 1. The molecule has 7 nitrogen and oxygen atoms in total. The smallest absolute Gasteiger partial charge is 0.325 e. The van der Waals surface area contributed by atoms with Crippen LogP contribution in [-0.2, 0) is 19.1 Å². The third kappa shape index (κ3) is 4.98. The highest BCUT2D eigenvalue weighted by molar-refractivity contribution is 5.96. The second-order valence-corrected chi connectivity index (χ2v) is 5.96. The van der Waals surface area contributed by atoms with Crippen molar-refractivity contribution < 1.29 is 19.1 Å². The van der Waals surface area contributed by atoms with E-state index in [2.05, 4.69) is 0 Å². The molecule has 7 heteroatoms. The molecular formula is C15H27N3O4. The molecule has 0 spiro atoms. The van der Waals surface area contributed by atoms with Gasteiger partial charge in [0.05, 0.1) is 13.2 Å². The summed E-state index contributed by atoms with van der Waals surface area (Å²) in [7, 11) is 0. The van der Waals surface area contributed by atoms with Crippen LogP contribution in [0.5, 0.6) is 0 Å². The molecule has 1 fully saturated rings. The minimum Gasteiger partial charge on any atom is -0.464 e. The first kappa shape index (κ1) is 18.4.